The van der Waals surface area contributed by atoms with E-state index in [1.807, 2.05) is 0 Å². The van der Waals surface area contributed by atoms with Crippen LogP contribution in [0.1, 0.15) is 18.4 Å². The van der Waals surface area contributed by atoms with Crippen LogP contribution >= 0.6 is 0 Å². The zero-order valence-corrected chi connectivity index (χ0v) is 12.6. The Kier molecular flexibility index (Phi) is 4.13. The molecule has 20 heavy (non-hydrogen) atoms. The molecule has 1 aromatic carbocycles. The van der Waals surface area contributed by atoms with Crippen LogP contribution in [0, 0.1) is 0 Å². The molecule has 0 aliphatic carbocycles. The van der Waals surface area contributed by atoms with Gasteiger partial charge in [-0.05, 0) is 46.1 Å². The quantitative estimate of drug-likeness (QED) is 0.913. The van der Waals surface area contributed by atoms with Crippen LogP contribution in [0.5, 0.6) is 5.75 Å². The summed E-state index contributed by atoms with van der Waals surface area (Å²) in [4.78, 5) is 4.91. The number of hydrogen-bond donors (Lipinski definition) is 1. The molecule has 0 bridgehead atoms. The molecule has 1 fully saturated rings. The zero-order valence-electron chi connectivity index (χ0n) is 12.6. The van der Waals surface area contributed by atoms with Crippen LogP contribution in [-0.2, 0) is 6.54 Å². The lowest BCUT2D eigenvalue weighted by molar-refractivity contribution is 0.138. The van der Waals surface area contributed by atoms with Gasteiger partial charge in [0, 0.05) is 24.7 Å². The van der Waals surface area contributed by atoms with Crippen LogP contribution in [0.4, 0.5) is 5.69 Å². The van der Waals surface area contributed by atoms with Crippen molar-refractivity contribution in [1.82, 2.24) is 9.80 Å². The third-order valence-corrected chi connectivity index (χ3v) is 4.44. The molecule has 1 N–H and O–H groups in total. The van der Waals surface area contributed by atoms with Gasteiger partial charge in [-0.25, -0.2) is 0 Å². The number of nitrogens with one attached hydrogen (secondary N) is 1. The molecule has 2 aliphatic rings. The maximum atomic E-state index is 5.86. The minimum atomic E-state index is 0.744. The van der Waals surface area contributed by atoms with E-state index in [2.05, 4.69) is 47.4 Å². The maximum absolute atomic E-state index is 5.86. The van der Waals surface area contributed by atoms with E-state index in [4.69, 9.17) is 4.74 Å². The first-order valence-corrected chi connectivity index (χ1v) is 7.61. The van der Waals surface area contributed by atoms with Crippen molar-refractivity contribution in [1.29, 1.82) is 0 Å². The molecule has 3 rings (SSSR count). The topological polar surface area (TPSA) is 27.7 Å². The number of benzene rings is 1. The van der Waals surface area contributed by atoms with E-state index in [1.54, 1.807) is 0 Å². The fourth-order valence-corrected chi connectivity index (χ4v) is 3.19. The molecular weight excluding hydrogens is 250 g/mol. The van der Waals surface area contributed by atoms with Gasteiger partial charge in [0.2, 0.25) is 0 Å². The molecule has 2 aliphatic heterocycles. The summed E-state index contributed by atoms with van der Waals surface area (Å²) in [5, 5.41) is 3.41. The van der Waals surface area contributed by atoms with Crippen LogP contribution in [0.25, 0.3) is 0 Å². The van der Waals surface area contributed by atoms with E-state index in [-0.39, 0.29) is 0 Å². The van der Waals surface area contributed by atoms with E-state index < -0.39 is 0 Å². The van der Waals surface area contributed by atoms with Gasteiger partial charge in [-0.1, -0.05) is 12.1 Å². The summed E-state index contributed by atoms with van der Waals surface area (Å²) in [7, 11) is 4.38. The van der Waals surface area contributed by atoms with Crippen molar-refractivity contribution < 1.29 is 4.74 Å². The van der Waals surface area contributed by atoms with Crippen molar-refractivity contribution in [2.24, 2.45) is 0 Å². The second-order valence-electron chi connectivity index (χ2n) is 6.04. The molecule has 2 heterocycles. The Labute approximate surface area is 121 Å². The first-order valence-electron chi connectivity index (χ1n) is 7.61. The molecule has 0 amide bonds. The highest BCUT2D eigenvalue weighted by molar-refractivity contribution is 5.61. The molecule has 0 spiro atoms. The monoisotopic (exact) mass is 275 g/mol. The Morgan fingerprint density at radius 2 is 2.10 bits per heavy atom. The lowest BCUT2D eigenvalue weighted by atomic mass is 10.0. The summed E-state index contributed by atoms with van der Waals surface area (Å²) in [5.41, 5.74) is 2.47. The molecule has 0 atom stereocenters. The minimum absolute atomic E-state index is 0.744. The van der Waals surface area contributed by atoms with E-state index >= 15 is 0 Å². The van der Waals surface area contributed by atoms with Gasteiger partial charge >= 0.3 is 0 Å². The second kappa shape index (κ2) is 6.02. The summed E-state index contributed by atoms with van der Waals surface area (Å²) in [5.74, 6) is 1.06. The normalized spacial score (nSPS) is 20.4. The van der Waals surface area contributed by atoms with E-state index in [0.717, 1.165) is 37.2 Å². The summed E-state index contributed by atoms with van der Waals surface area (Å²) >= 11 is 0. The van der Waals surface area contributed by atoms with Crippen LogP contribution in [0.3, 0.4) is 0 Å². The fourth-order valence-electron chi connectivity index (χ4n) is 3.19. The van der Waals surface area contributed by atoms with Crippen molar-refractivity contribution >= 4 is 5.69 Å². The summed E-state index contributed by atoms with van der Waals surface area (Å²) in [6.07, 6.45) is 2.53. The Morgan fingerprint density at radius 3 is 2.85 bits per heavy atom. The lowest BCUT2D eigenvalue weighted by Crippen LogP contribution is -2.41. The number of fused-ring (bicyclic) bond motifs is 1. The van der Waals surface area contributed by atoms with Crippen LogP contribution < -0.4 is 10.1 Å². The number of anilines is 1. The van der Waals surface area contributed by atoms with Gasteiger partial charge in [0.15, 0.2) is 0 Å². The number of nitrogens with zero attached hydrogens (tertiary/aromatic N) is 2. The molecule has 110 valence electrons. The summed E-state index contributed by atoms with van der Waals surface area (Å²) in [6, 6.07) is 7.18. The minimum Gasteiger partial charge on any atom is -0.489 e. The van der Waals surface area contributed by atoms with E-state index in [9.17, 15) is 0 Å². The van der Waals surface area contributed by atoms with Gasteiger partial charge in [-0.3, -0.25) is 4.90 Å². The van der Waals surface area contributed by atoms with Crippen molar-refractivity contribution in [3.63, 3.8) is 0 Å². The first kappa shape index (κ1) is 13.7. The van der Waals surface area contributed by atoms with Gasteiger partial charge in [0.25, 0.3) is 0 Å². The van der Waals surface area contributed by atoms with Gasteiger partial charge in [0.1, 0.15) is 12.4 Å². The predicted octanol–water partition coefficient (Wildman–Crippen LogP) is 2.02. The first-order chi connectivity index (χ1) is 9.74. The van der Waals surface area contributed by atoms with Crippen LogP contribution in [0.2, 0.25) is 0 Å². The third-order valence-electron chi connectivity index (χ3n) is 4.44. The Bertz CT molecular complexity index is 453. The highest BCUT2D eigenvalue weighted by atomic mass is 16.5. The summed E-state index contributed by atoms with van der Waals surface area (Å²) < 4.78 is 5.86. The van der Waals surface area contributed by atoms with Gasteiger partial charge < -0.3 is 15.0 Å². The van der Waals surface area contributed by atoms with E-state index in [1.165, 1.54) is 31.5 Å². The molecule has 0 unspecified atom stereocenters. The standard InChI is InChI=1S/C16H25N3O/c1-18(2)14-6-9-19(10-7-14)12-13-4-3-5-15-16(13)20-11-8-17-15/h3-5,14,17H,6-12H2,1-2H3. The van der Waals surface area contributed by atoms with Crippen molar-refractivity contribution in [2.75, 3.05) is 45.7 Å². The highest BCUT2D eigenvalue weighted by Crippen LogP contribution is 2.32. The van der Waals surface area contributed by atoms with Crippen LogP contribution in [0.15, 0.2) is 18.2 Å². The maximum Gasteiger partial charge on any atom is 0.146 e. The molecule has 0 radical (unpaired) electrons. The zero-order chi connectivity index (χ0) is 13.9. The van der Waals surface area contributed by atoms with Gasteiger partial charge in [0.05, 0.1) is 5.69 Å². The average Bonchev–Trinajstić information content (AvgIpc) is 2.48. The molecule has 4 heteroatoms. The largest absolute Gasteiger partial charge is 0.489 e. The van der Waals surface area contributed by atoms with Crippen LogP contribution in [-0.4, -0.2) is 56.2 Å². The Balaban J connectivity index is 1.64. The Morgan fingerprint density at radius 1 is 1.30 bits per heavy atom. The molecule has 4 nitrogen and oxygen atoms in total. The smallest absolute Gasteiger partial charge is 0.146 e. The Hall–Kier alpha value is -1.26. The molecule has 1 aromatic rings. The molecule has 1 saturated heterocycles. The summed E-state index contributed by atoms with van der Waals surface area (Å²) in [6.45, 7) is 5.04. The average molecular weight is 275 g/mol. The number of rotatable bonds is 3. The van der Waals surface area contributed by atoms with Crippen molar-refractivity contribution in [2.45, 2.75) is 25.4 Å². The number of hydrogen-bond acceptors (Lipinski definition) is 4. The van der Waals surface area contributed by atoms with Crippen molar-refractivity contribution in [3.8, 4) is 5.75 Å². The molecule has 0 saturated carbocycles. The second-order valence-corrected chi connectivity index (χ2v) is 6.04. The van der Waals surface area contributed by atoms with Gasteiger partial charge in [-0.2, -0.15) is 0 Å². The predicted molar refractivity (Wildman–Crippen MR) is 82.4 cm³/mol. The highest BCUT2D eigenvalue weighted by Gasteiger charge is 2.22. The lowest BCUT2D eigenvalue weighted by Gasteiger charge is -2.35. The van der Waals surface area contributed by atoms with Gasteiger partial charge in [-0.15, -0.1) is 0 Å². The molecular formula is C16H25N3O. The SMILES string of the molecule is CN(C)C1CCN(Cc2cccc3c2OCCN3)CC1. The van der Waals surface area contributed by atoms with Crippen molar-refractivity contribution in [3.05, 3.63) is 23.8 Å². The number of ether oxygens (including phenoxy) is 1. The molecule has 0 aromatic heterocycles. The number of piperidine rings is 1. The number of likely N-dealkylation sites (tertiary alicyclic amines) is 1. The fraction of sp³-hybridized carbons (Fsp3) is 0.625. The third kappa shape index (κ3) is 2.91. The van der Waals surface area contributed by atoms with E-state index in [0.29, 0.717) is 0 Å². The number of para-hydroxylation sites is 1.